The van der Waals surface area contributed by atoms with E-state index in [-0.39, 0.29) is 6.04 Å². The van der Waals surface area contributed by atoms with E-state index in [4.69, 9.17) is 21.1 Å². The molecule has 0 bridgehead atoms. The predicted molar refractivity (Wildman–Crippen MR) is 110 cm³/mol. The third-order valence-electron chi connectivity index (χ3n) is 4.80. The molecule has 0 spiro atoms. The first kappa shape index (κ1) is 20.2. The molecule has 8 heteroatoms. The monoisotopic (exact) mass is 401 g/mol. The molecule has 2 aromatic rings. The fourth-order valence-corrected chi connectivity index (χ4v) is 3.74. The molecule has 1 unspecified atom stereocenters. The number of nitrogens with zero attached hydrogens (tertiary/aromatic N) is 4. The Kier molecular flexibility index (Phi) is 6.22. The average molecular weight is 402 g/mol. The van der Waals surface area contributed by atoms with Crippen LogP contribution in [0.25, 0.3) is 0 Å². The van der Waals surface area contributed by atoms with Gasteiger partial charge in [-0.2, -0.15) is 5.26 Å². The van der Waals surface area contributed by atoms with E-state index in [0.717, 1.165) is 29.8 Å². The number of anilines is 3. The van der Waals surface area contributed by atoms with Gasteiger partial charge in [0, 0.05) is 19.7 Å². The SMILES string of the molecule is CCC(COC)Nc1nc(C)nc(N2CCc3cc(OC)cc(Cl)c32)c1C#N. The molecule has 0 fully saturated rings. The first-order chi connectivity index (χ1) is 13.5. The fraction of sp³-hybridized carbons (Fsp3) is 0.450. The second kappa shape index (κ2) is 8.63. The molecule has 0 saturated carbocycles. The lowest BCUT2D eigenvalue weighted by Gasteiger charge is -2.24. The highest BCUT2D eigenvalue weighted by molar-refractivity contribution is 6.34. The summed E-state index contributed by atoms with van der Waals surface area (Å²) in [7, 11) is 3.28. The molecule has 0 radical (unpaired) electrons. The summed E-state index contributed by atoms with van der Waals surface area (Å²) < 4.78 is 10.6. The molecule has 7 nitrogen and oxygen atoms in total. The van der Waals surface area contributed by atoms with E-state index in [1.54, 1.807) is 20.3 Å². The van der Waals surface area contributed by atoms with E-state index < -0.39 is 0 Å². The minimum Gasteiger partial charge on any atom is -0.497 e. The van der Waals surface area contributed by atoms with E-state index in [9.17, 15) is 5.26 Å². The molecule has 1 aliphatic rings. The smallest absolute Gasteiger partial charge is 0.157 e. The second-order valence-electron chi connectivity index (χ2n) is 6.65. The van der Waals surface area contributed by atoms with Gasteiger partial charge >= 0.3 is 0 Å². The Bertz CT molecular complexity index is 912. The van der Waals surface area contributed by atoms with Crippen molar-refractivity contribution in [3.63, 3.8) is 0 Å². The van der Waals surface area contributed by atoms with E-state index in [1.807, 2.05) is 17.9 Å². The predicted octanol–water partition coefficient (Wildman–Crippen LogP) is 3.85. The number of halogens is 1. The highest BCUT2D eigenvalue weighted by Gasteiger charge is 2.29. The number of benzene rings is 1. The molecule has 28 heavy (non-hydrogen) atoms. The van der Waals surface area contributed by atoms with E-state index in [1.165, 1.54) is 0 Å². The maximum absolute atomic E-state index is 9.88. The zero-order valence-electron chi connectivity index (χ0n) is 16.5. The van der Waals surface area contributed by atoms with E-state index in [2.05, 4.69) is 28.3 Å². The van der Waals surface area contributed by atoms with Gasteiger partial charge in [0.15, 0.2) is 5.82 Å². The van der Waals surface area contributed by atoms with Gasteiger partial charge in [0.1, 0.15) is 29.0 Å². The Hall–Kier alpha value is -2.56. The lowest BCUT2D eigenvalue weighted by atomic mass is 10.1. The Morgan fingerprint density at radius 2 is 2.14 bits per heavy atom. The quantitative estimate of drug-likeness (QED) is 0.754. The maximum Gasteiger partial charge on any atom is 0.157 e. The molecule has 0 saturated heterocycles. The number of nitrogens with one attached hydrogen (secondary N) is 1. The summed E-state index contributed by atoms with van der Waals surface area (Å²) >= 11 is 6.54. The lowest BCUT2D eigenvalue weighted by Crippen LogP contribution is -2.26. The molecule has 0 aliphatic carbocycles. The Labute approximate surface area is 170 Å². The van der Waals surface area contributed by atoms with E-state index in [0.29, 0.717) is 41.2 Å². The van der Waals surface area contributed by atoms with Gasteiger partial charge in [-0.1, -0.05) is 18.5 Å². The van der Waals surface area contributed by atoms with Crippen LogP contribution in [-0.4, -0.2) is 43.4 Å². The van der Waals surface area contributed by atoms with Crippen LogP contribution in [0.5, 0.6) is 5.75 Å². The summed E-state index contributed by atoms with van der Waals surface area (Å²) in [6.45, 7) is 5.08. The third kappa shape index (κ3) is 3.84. The van der Waals surface area contributed by atoms with Crippen molar-refractivity contribution < 1.29 is 9.47 Å². The van der Waals surface area contributed by atoms with Crippen LogP contribution in [-0.2, 0) is 11.2 Å². The van der Waals surface area contributed by atoms with Crippen LogP contribution in [0.2, 0.25) is 5.02 Å². The molecule has 148 valence electrons. The number of rotatable bonds is 7. The molecule has 3 rings (SSSR count). The summed E-state index contributed by atoms with van der Waals surface area (Å²) in [6, 6.07) is 6.09. The van der Waals surface area contributed by atoms with Gasteiger partial charge in [0.2, 0.25) is 0 Å². The molecule has 0 amide bonds. The number of fused-ring (bicyclic) bond motifs is 1. The summed E-state index contributed by atoms with van der Waals surface area (Å²) in [5.41, 5.74) is 2.34. The Balaban J connectivity index is 2.06. The van der Waals surface area contributed by atoms with E-state index >= 15 is 0 Å². The molecule has 1 atom stereocenters. The molecular formula is C20H24ClN5O2. The molecular weight excluding hydrogens is 378 g/mol. The van der Waals surface area contributed by atoms with Gasteiger partial charge in [-0.3, -0.25) is 0 Å². The Morgan fingerprint density at radius 3 is 2.79 bits per heavy atom. The highest BCUT2D eigenvalue weighted by Crippen LogP contribution is 2.43. The van der Waals surface area contributed by atoms with Crippen LogP contribution < -0.4 is 15.0 Å². The standard InChI is InChI=1S/C20H24ClN5O2/c1-5-14(11-27-3)25-19-16(10-22)20(24-12(2)23-19)26-7-6-13-8-15(28-4)9-17(21)18(13)26/h8-9,14H,5-7,11H2,1-4H3,(H,23,24,25). The van der Waals surface area contributed by atoms with Gasteiger partial charge in [-0.05, 0) is 31.4 Å². The summed E-state index contributed by atoms with van der Waals surface area (Å²) in [5, 5.41) is 13.8. The van der Waals surface area contributed by atoms with Gasteiger partial charge in [-0.25, -0.2) is 9.97 Å². The summed E-state index contributed by atoms with van der Waals surface area (Å²) in [5.74, 6) is 2.39. The zero-order chi connectivity index (χ0) is 20.3. The molecule has 1 aromatic heterocycles. The van der Waals surface area contributed by atoms with Crippen molar-refractivity contribution in [3.05, 3.63) is 34.1 Å². The van der Waals surface area contributed by atoms with Crippen molar-refractivity contribution >= 4 is 28.9 Å². The highest BCUT2D eigenvalue weighted by atomic mass is 35.5. The average Bonchev–Trinajstić information content (AvgIpc) is 3.11. The van der Waals surface area contributed by atoms with Crippen LogP contribution >= 0.6 is 11.6 Å². The van der Waals surface area contributed by atoms with Crippen molar-refractivity contribution in [1.29, 1.82) is 5.26 Å². The van der Waals surface area contributed by atoms with Crippen molar-refractivity contribution in [2.45, 2.75) is 32.7 Å². The minimum atomic E-state index is 0.0537. The number of hydrogen-bond acceptors (Lipinski definition) is 7. The molecule has 2 heterocycles. The number of aryl methyl sites for hydroxylation is 1. The third-order valence-corrected chi connectivity index (χ3v) is 5.09. The van der Waals surface area contributed by atoms with Crippen molar-refractivity contribution in [1.82, 2.24) is 9.97 Å². The minimum absolute atomic E-state index is 0.0537. The van der Waals surface area contributed by atoms with Gasteiger partial charge in [0.05, 0.1) is 30.5 Å². The van der Waals surface area contributed by atoms with Crippen LogP contribution in [0.1, 0.15) is 30.3 Å². The van der Waals surface area contributed by atoms with Crippen LogP contribution in [0.4, 0.5) is 17.3 Å². The molecule has 1 aromatic carbocycles. The number of aromatic nitrogens is 2. The number of hydrogen-bond donors (Lipinski definition) is 1. The topological polar surface area (TPSA) is 83.3 Å². The number of ether oxygens (including phenoxy) is 2. The van der Waals surface area contributed by atoms with Crippen molar-refractivity contribution in [2.24, 2.45) is 0 Å². The second-order valence-corrected chi connectivity index (χ2v) is 7.06. The Morgan fingerprint density at radius 1 is 1.36 bits per heavy atom. The fourth-order valence-electron chi connectivity index (χ4n) is 3.41. The van der Waals surface area contributed by atoms with Crippen LogP contribution in [0.15, 0.2) is 12.1 Å². The first-order valence-electron chi connectivity index (χ1n) is 9.20. The number of methoxy groups -OCH3 is 2. The lowest BCUT2D eigenvalue weighted by molar-refractivity contribution is 0.184. The molecule has 1 aliphatic heterocycles. The van der Waals surface area contributed by atoms with Crippen LogP contribution in [0, 0.1) is 18.3 Å². The van der Waals surface area contributed by atoms with Crippen molar-refractivity contribution in [2.75, 3.05) is 37.6 Å². The van der Waals surface area contributed by atoms with Gasteiger partial charge in [0.25, 0.3) is 0 Å². The largest absolute Gasteiger partial charge is 0.497 e. The van der Waals surface area contributed by atoms with Crippen LogP contribution in [0.3, 0.4) is 0 Å². The van der Waals surface area contributed by atoms with Crippen molar-refractivity contribution in [3.8, 4) is 11.8 Å². The van der Waals surface area contributed by atoms with Gasteiger partial charge in [-0.15, -0.1) is 0 Å². The summed E-state index contributed by atoms with van der Waals surface area (Å²) in [4.78, 5) is 11.0. The zero-order valence-corrected chi connectivity index (χ0v) is 17.3. The number of nitriles is 1. The van der Waals surface area contributed by atoms with Gasteiger partial charge < -0.3 is 19.7 Å². The first-order valence-corrected chi connectivity index (χ1v) is 9.58. The maximum atomic E-state index is 9.88. The summed E-state index contributed by atoms with van der Waals surface area (Å²) in [6.07, 6.45) is 1.64. The molecule has 1 N–H and O–H groups in total. The normalized spacial score (nSPS) is 13.8.